The molecule has 0 atom stereocenters. The predicted octanol–water partition coefficient (Wildman–Crippen LogP) is 5.24. The predicted molar refractivity (Wildman–Crippen MR) is 113 cm³/mol. The molecule has 2 rings (SSSR count). The van der Waals surface area contributed by atoms with Crippen LogP contribution in [0.15, 0.2) is 24.3 Å². The maximum Gasteiger partial charge on any atom is 0.411 e. The van der Waals surface area contributed by atoms with Crippen LogP contribution in [0.1, 0.15) is 57.4 Å². The first-order valence-electron chi connectivity index (χ1n) is 10.1. The van der Waals surface area contributed by atoms with Gasteiger partial charge in [-0.2, -0.15) is 0 Å². The normalized spacial score (nSPS) is 14.4. The molecular weight excluding hydrogens is 364 g/mol. The highest BCUT2D eigenvalue weighted by Gasteiger charge is 2.11. The van der Waals surface area contributed by atoms with Crippen LogP contribution in [0.4, 0.5) is 10.5 Å². The van der Waals surface area contributed by atoms with Crippen molar-refractivity contribution < 1.29 is 14.3 Å². The third-order valence-corrected chi connectivity index (χ3v) is 4.67. The van der Waals surface area contributed by atoms with Crippen molar-refractivity contribution in [1.82, 2.24) is 4.90 Å². The lowest BCUT2D eigenvalue weighted by Gasteiger charge is -2.25. The molecule has 5 nitrogen and oxygen atoms in total. The zero-order chi connectivity index (χ0) is 18.5. The van der Waals surface area contributed by atoms with E-state index in [1.54, 1.807) is 0 Å². The second-order valence-corrected chi connectivity index (χ2v) is 6.98. The summed E-state index contributed by atoms with van der Waals surface area (Å²) < 4.78 is 11.0. The third-order valence-electron chi connectivity index (χ3n) is 4.67. The molecule has 0 radical (unpaired) electrons. The average molecular weight is 399 g/mol. The fraction of sp³-hybridized carbons (Fsp3) is 0.667. The zero-order valence-corrected chi connectivity index (χ0v) is 17.4. The standard InChI is InChI=1S/C21H34N2O3.ClH/c1-2-3-4-8-15-25-18-19-10-9-11-20(17-19)22-21(24)26-16-14-23-12-6-5-7-13-23;/h9-11,17H,2-8,12-16,18H2,1H3,(H,22,24);1H. The highest BCUT2D eigenvalue weighted by atomic mass is 35.5. The molecular formula is C21H35ClN2O3. The quantitative estimate of drug-likeness (QED) is 0.518. The first-order chi connectivity index (χ1) is 12.8. The second-order valence-electron chi connectivity index (χ2n) is 6.98. The number of likely N-dealkylation sites (tertiary alicyclic amines) is 1. The van der Waals surface area contributed by atoms with E-state index in [1.807, 2.05) is 24.3 Å². The second kappa shape index (κ2) is 14.7. The van der Waals surface area contributed by atoms with Crippen molar-refractivity contribution in [3.05, 3.63) is 29.8 Å². The van der Waals surface area contributed by atoms with Crippen LogP contribution in [0.5, 0.6) is 0 Å². The van der Waals surface area contributed by atoms with Gasteiger partial charge in [-0.25, -0.2) is 4.79 Å². The van der Waals surface area contributed by atoms with E-state index in [0.717, 1.165) is 43.9 Å². The smallest absolute Gasteiger partial charge is 0.411 e. The molecule has 0 bridgehead atoms. The summed E-state index contributed by atoms with van der Waals surface area (Å²) in [6.07, 6.45) is 8.26. The summed E-state index contributed by atoms with van der Waals surface area (Å²) >= 11 is 0. The molecule has 0 saturated carbocycles. The Morgan fingerprint density at radius 1 is 1.11 bits per heavy atom. The van der Waals surface area contributed by atoms with Crippen molar-refractivity contribution in [1.29, 1.82) is 0 Å². The number of ether oxygens (including phenoxy) is 2. The Bertz CT molecular complexity index is 522. The number of carbonyl (C=O) groups excluding carboxylic acids is 1. The summed E-state index contributed by atoms with van der Waals surface area (Å²) in [6.45, 7) is 7.06. The minimum atomic E-state index is -0.389. The number of rotatable bonds is 11. The van der Waals surface area contributed by atoms with Crippen LogP contribution in [0.25, 0.3) is 0 Å². The van der Waals surface area contributed by atoms with E-state index in [4.69, 9.17) is 9.47 Å². The summed E-state index contributed by atoms with van der Waals surface area (Å²) in [5.41, 5.74) is 1.81. The molecule has 1 aliphatic heterocycles. The van der Waals surface area contributed by atoms with Crippen molar-refractivity contribution >= 4 is 24.2 Å². The Morgan fingerprint density at radius 3 is 2.70 bits per heavy atom. The van der Waals surface area contributed by atoms with E-state index in [0.29, 0.717) is 13.2 Å². The number of hydrogen-bond acceptors (Lipinski definition) is 4. The lowest BCUT2D eigenvalue weighted by atomic mass is 10.1. The molecule has 1 aromatic rings. The average Bonchev–Trinajstić information content (AvgIpc) is 2.66. The van der Waals surface area contributed by atoms with Crippen LogP contribution in [0.2, 0.25) is 0 Å². The maximum absolute atomic E-state index is 11.9. The molecule has 1 fully saturated rings. The van der Waals surface area contributed by atoms with E-state index in [1.165, 1.54) is 38.5 Å². The number of anilines is 1. The molecule has 1 heterocycles. The van der Waals surface area contributed by atoms with Crippen LogP contribution in [0, 0.1) is 0 Å². The molecule has 1 aromatic carbocycles. The summed E-state index contributed by atoms with van der Waals surface area (Å²) in [7, 11) is 0. The number of halogens is 1. The van der Waals surface area contributed by atoms with Crippen LogP contribution in [0.3, 0.4) is 0 Å². The molecule has 0 spiro atoms. The van der Waals surface area contributed by atoms with Gasteiger partial charge in [0, 0.05) is 18.8 Å². The van der Waals surface area contributed by atoms with Gasteiger partial charge in [-0.3, -0.25) is 10.2 Å². The number of amides is 1. The minimum absolute atomic E-state index is 0. The van der Waals surface area contributed by atoms with Gasteiger partial charge in [-0.05, 0) is 50.0 Å². The van der Waals surface area contributed by atoms with E-state index < -0.39 is 0 Å². The van der Waals surface area contributed by atoms with Crippen LogP contribution >= 0.6 is 12.4 Å². The SMILES string of the molecule is CCCCCCOCc1cccc(NC(=O)OCCN2CCCCC2)c1.Cl. The zero-order valence-electron chi connectivity index (χ0n) is 16.6. The number of nitrogens with zero attached hydrogens (tertiary/aromatic N) is 1. The van der Waals surface area contributed by atoms with Gasteiger partial charge in [-0.15, -0.1) is 12.4 Å². The number of piperidine rings is 1. The highest BCUT2D eigenvalue weighted by Crippen LogP contribution is 2.13. The number of nitrogens with one attached hydrogen (secondary N) is 1. The minimum Gasteiger partial charge on any atom is -0.448 e. The van der Waals surface area contributed by atoms with E-state index in [9.17, 15) is 4.79 Å². The third kappa shape index (κ3) is 10.6. The monoisotopic (exact) mass is 398 g/mol. The molecule has 27 heavy (non-hydrogen) atoms. The number of carbonyl (C=O) groups is 1. The van der Waals surface area contributed by atoms with Gasteiger partial charge in [0.15, 0.2) is 0 Å². The summed E-state index contributed by atoms with van der Waals surface area (Å²) in [6, 6.07) is 7.76. The van der Waals surface area contributed by atoms with Crippen molar-refractivity contribution in [3.8, 4) is 0 Å². The Hall–Kier alpha value is -1.30. The van der Waals surface area contributed by atoms with E-state index in [2.05, 4.69) is 17.1 Å². The van der Waals surface area contributed by atoms with E-state index in [-0.39, 0.29) is 18.5 Å². The van der Waals surface area contributed by atoms with Crippen LogP contribution < -0.4 is 5.32 Å². The van der Waals surface area contributed by atoms with Crippen molar-refractivity contribution in [2.24, 2.45) is 0 Å². The fourth-order valence-electron chi connectivity index (χ4n) is 3.16. The topological polar surface area (TPSA) is 50.8 Å². The molecule has 1 aliphatic rings. The fourth-order valence-corrected chi connectivity index (χ4v) is 3.16. The molecule has 0 aromatic heterocycles. The molecule has 1 saturated heterocycles. The first-order valence-corrected chi connectivity index (χ1v) is 10.1. The maximum atomic E-state index is 11.9. The molecule has 1 amide bonds. The van der Waals surface area contributed by atoms with Gasteiger partial charge in [0.1, 0.15) is 6.61 Å². The molecule has 0 unspecified atom stereocenters. The first kappa shape index (κ1) is 23.7. The Morgan fingerprint density at radius 2 is 1.93 bits per heavy atom. The Labute approximate surface area is 170 Å². The van der Waals surface area contributed by atoms with Gasteiger partial charge >= 0.3 is 6.09 Å². The summed E-state index contributed by atoms with van der Waals surface area (Å²) in [5.74, 6) is 0. The van der Waals surface area contributed by atoms with E-state index >= 15 is 0 Å². The van der Waals surface area contributed by atoms with Gasteiger partial charge in [0.05, 0.1) is 6.61 Å². The molecule has 6 heteroatoms. The van der Waals surface area contributed by atoms with Crippen LogP contribution in [-0.4, -0.2) is 43.8 Å². The summed E-state index contributed by atoms with van der Waals surface area (Å²) in [4.78, 5) is 14.3. The highest BCUT2D eigenvalue weighted by molar-refractivity contribution is 5.85. The number of hydrogen-bond donors (Lipinski definition) is 1. The Kier molecular flexibility index (Phi) is 12.9. The molecule has 1 N–H and O–H groups in total. The number of unbranched alkanes of at least 4 members (excludes halogenated alkanes) is 3. The van der Waals surface area contributed by atoms with Gasteiger partial charge in [0.2, 0.25) is 0 Å². The Balaban J connectivity index is 0.00000364. The molecule has 0 aliphatic carbocycles. The number of benzene rings is 1. The lowest BCUT2D eigenvalue weighted by Crippen LogP contribution is -2.33. The lowest BCUT2D eigenvalue weighted by molar-refractivity contribution is 0.117. The van der Waals surface area contributed by atoms with Gasteiger partial charge in [-0.1, -0.05) is 44.7 Å². The summed E-state index contributed by atoms with van der Waals surface area (Å²) in [5, 5.41) is 2.80. The van der Waals surface area contributed by atoms with Gasteiger partial charge in [0.25, 0.3) is 0 Å². The van der Waals surface area contributed by atoms with Crippen LogP contribution in [-0.2, 0) is 16.1 Å². The van der Waals surface area contributed by atoms with Crippen molar-refractivity contribution in [3.63, 3.8) is 0 Å². The van der Waals surface area contributed by atoms with Crippen molar-refractivity contribution in [2.45, 2.75) is 58.5 Å². The van der Waals surface area contributed by atoms with Gasteiger partial charge < -0.3 is 9.47 Å². The molecule has 154 valence electrons. The van der Waals surface area contributed by atoms with Crippen molar-refractivity contribution in [2.75, 3.05) is 38.2 Å². The largest absolute Gasteiger partial charge is 0.448 e.